The molecule has 30 heavy (non-hydrogen) atoms. The van der Waals surface area contributed by atoms with E-state index in [0.29, 0.717) is 29.4 Å². The van der Waals surface area contributed by atoms with Crippen LogP contribution in [0.1, 0.15) is 28.7 Å². The number of hydrogen-bond acceptors (Lipinski definition) is 11. The smallest absolute Gasteiger partial charge is 0.293 e. The van der Waals surface area contributed by atoms with Gasteiger partial charge in [0.1, 0.15) is 5.69 Å². The number of benzene rings is 1. The molecule has 0 saturated carbocycles. The minimum atomic E-state index is -0.600. The highest BCUT2D eigenvalue weighted by atomic mass is 16.6. The van der Waals surface area contributed by atoms with Crippen molar-refractivity contribution in [1.82, 2.24) is 30.7 Å². The van der Waals surface area contributed by atoms with E-state index in [1.54, 1.807) is 25.3 Å². The standard InChI is InChI=1S/C17H20N8O5/c1-4-29-12-6-5-10(7-13(12)28-3)8-19-21-17(26)14-11(9-27-2)25(24-20-14)16-15(18)22-30-23-16/h5-8H,4,9H2,1-3H3,(H2,18,22)(H,21,26)/b19-8-. The van der Waals surface area contributed by atoms with Crippen LogP contribution in [0.2, 0.25) is 0 Å². The molecule has 3 rings (SSSR count). The van der Waals surface area contributed by atoms with Crippen molar-refractivity contribution in [2.24, 2.45) is 5.10 Å². The van der Waals surface area contributed by atoms with Crippen LogP contribution in [0.3, 0.4) is 0 Å². The Morgan fingerprint density at radius 3 is 2.83 bits per heavy atom. The summed E-state index contributed by atoms with van der Waals surface area (Å²) in [5.41, 5.74) is 9.05. The van der Waals surface area contributed by atoms with Crippen molar-refractivity contribution in [1.29, 1.82) is 0 Å². The van der Waals surface area contributed by atoms with Crippen molar-refractivity contribution in [2.75, 3.05) is 26.6 Å². The summed E-state index contributed by atoms with van der Waals surface area (Å²) in [7, 11) is 3.00. The lowest BCUT2D eigenvalue weighted by molar-refractivity contribution is 0.0944. The number of nitrogens with one attached hydrogen (secondary N) is 1. The molecule has 0 atom stereocenters. The molecule has 13 heteroatoms. The van der Waals surface area contributed by atoms with E-state index in [2.05, 4.69) is 35.8 Å². The number of hydrogen-bond donors (Lipinski definition) is 2. The Kier molecular flexibility index (Phi) is 6.54. The number of nitrogens with zero attached hydrogens (tertiary/aromatic N) is 6. The second-order valence-corrected chi connectivity index (χ2v) is 5.75. The third kappa shape index (κ3) is 4.35. The number of amides is 1. The van der Waals surface area contributed by atoms with Gasteiger partial charge in [-0.15, -0.1) is 5.10 Å². The predicted molar refractivity (Wildman–Crippen MR) is 104 cm³/mol. The number of carbonyl (C=O) groups excluding carboxylic acids is 1. The van der Waals surface area contributed by atoms with Crippen molar-refractivity contribution in [2.45, 2.75) is 13.5 Å². The number of aromatic nitrogens is 5. The van der Waals surface area contributed by atoms with Crippen LogP contribution < -0.4 is 20.6 Å². The second-order valence-electron chi connectivity index (χ2n) is 5.75. The highest BCUT2D eigenvalue weighted by Gasteiger charge is 2.23. The fraction of sp³-hybridized carbons (Fsp3) is 0.294. The average Bonchev–Trinajstić information content (AvgIpc) is 3.35. The van der Waals surface area contributed by atoms with E-state index >= 15 is 0 Å². The Hall–Kier alpha value is -4.00. The molecule has 3 aromatic rings. The molecule has 158 valence electrons. The molecule has 0 bridgehead atoms. The van der Waals surface area contributed by atoms with Crippen LogP contribution in [0.15, 0.2) is 27.9 Å². The maximum absolute atomic E-state index is 12.5. The first kappa shape index (κ1) is 20.7. The van der Waals surface area contributed by atoms with Crippen molar-refractivity contribution >= 4 is 17.9 Å². The Morgan fingerprint density at radius 1 is 1.33 bits per heavy atom. The highest BCUT2D eigenvalue weighted by Crippen LogP contribution is 2.27. The van der Waals surface area contributed by atoms with Crippen molar-refractivity contribution in [3.8, 4) is 17.3 Å². The van der Waals surface area contributed by atoms with E-state index in [4.69, 9.17) is 19.9 Å². The van der Waals surface area contributed by atoms with E-state index in [-0.39, 0.29) is 23.9 Å². The average molecular weight is 416 g/mol. The Bertz CT molecular complexity index is 1040. The van der Waals surface area contributed by atoms with Crippen molar-refractivity contribution in [3.63, 3.8) is 0 Å². The minimum Gasteiger partial charge on any atom is -0.493 e. The van der Waals surface area contributed by atoms with Crippen molar-refractivity contribution in [3.05, 3.63) is 35.2 Å². The topological polar surface area (TPSA) is 165 Å². The molecule has 0 saturated heterocycles. The van der Waals surface area contributed by atoms with Crippen LogP contribution in [0.4, 0.5) is 5.82 Å². The molecule has 0 fully saturated rings. The molecule has 2 aromatic heterocycles. The Balaban J connectivity index is 1.76. The molecule has 0 aliphatic carbocycles. The zero-order chi connectivity index (χ0) is 21.5. The fourth-order valence-corrected chi connectivity index (χ4v) is 2.51. The first-order chi connectivity index (χ1) is 14.6. The van der Waals surface area contributed by atoms with Gasteiger partial charge < -0.3 is 19.9 Å². The number of nitrogen functional groups attached to an aromatic ring is 1. The van der Waals surface area contributed by atoms with Crippen molar-refractivity contribution < 1.29 is 23.6 Å². The summed E-state index contributed by atoms with van der Waals surface area (Å²) in [6.07, 6.45) is 1.45. The molecule has 1 aromatic carbocycles. The number of rotatable bonds is 9. The van der Waals surface area contributed by atoms with Gasteiger partial charge in [0.2, 0.25) is 11.6 Å². The minimum absolute atomic E-state index is 0.00770. The monoisotopic (exact) mass is 416 g/mol. The lowest BCUT2D eigenvalue weighted by atomic mass is 10.2. The van der Waals surface area contributed by atoms with Gasteiger partial charge in [-0.3, -0.25) is 4.79 Å². The predicted octanol–water partition coefficient (Wildman–Crippen LogP) is 0.550. The largest absolute Gasteiger partial charge is 0.493 e. The molecule has 0 spiro atoms. The fourth-order valence-electron chi connectivity index (χ4n) is 2.51. The molecule has 13 nitrogen and oxygen atoms in total. The number of carbonyl (C=O) groups is 1. The number of nitrogens with two attached hydrogens (primary N) is 1. The molecule has 0 unspecified atom stereocenters. The summed E-state index contributed by atoms with van der Waals surface area (Å²) in [5, 5.41) is 18.8. The zero-order valence-electron chi connectivity index (χ0n) is 16.5. The van der Waals surface area contributed by atoms with Gasteiger partial charge in [0.05, 0.1) is 26.5 Å². The number of methoxy groups -OCH3 is 2. The lowest BCUT2D eigenvalue weighted by Crippen LogP contribution is -2.20. The summed E-state index contributed by atoms with van der Waals surface area (Å²) in [6.45, 7) is 2.41. The second kappa shape index (κ2) is 9.47. The maximum atomic E-state index is 12.5. The molecular formula is C17H20N8O5. The Morgan fingerprint density at radius 2 is 2.17 bits per heavy atom. The summed E-state index contributed by atoms with van der Waals surface area (Å²) in [4.78, 5) is 12.5. The molecule has 3 N–H and O–H groups in total. The van der Waals surface area contributed by atoms with Crippen LogP contribution in [-0.2, 0) is 11.3 Å². The van der Waals surface area contributed by atoms with E-state index in [1.165, 1.54) is 18.0 Å². The first-order valence-corrected chi connectivity index (χ1v) is 8.75. The summed E-state index contributed by atoms with van der Waals surface area (Å²) in [5.74, 6) is 0.655. The van der Waals surface area contributed by atoms with Crippen LogP contribution in [0.25, 0.3) is 5.82 Å². The van der Waals surface area contributed by atoms with Gasteiger partial charge in [0.15, 0.2) is 17.2 Å². The SMILES string of the molecule is CCOc1ccc(/C=N\NC(=O)c2nnn(-c3nonc3N)c2COC)cc1OC. The van der Waals surface area contributed by atoms with Gasteiger partial charge in [-0.25, -0.2) is 10.1 Å². The quantitative estimate of drug-likeness (QED) is 0.371. The van der Waals surface area contributed by atoms with Gasteiger partial charge in [0, 0.05) is 7.11 Å². The highest BCUT2D eigenvalue weighted by molar-refractivity contribution is 5.94. The third-order valence-electron chi connectivity index (χ3n) is 3.82. The van der Waals surface area contributed by atoms with Crippen LogP contribution in [-0.4, -0.2) is 58.3 Å². The Labute approximate surface area is 170 Å². The van der Waals surface area contributed by atoms with Gasteiger partial charge in [-0.05, 0) is 41.0 Å². The van der Waals surface area contributed by atoms with Crippen LogP contribution in [0, 0.1) is 0 Å². The first-order valence-electron chi connectivity index (χ1n) is 8.75. The molecule has 0 aliphatic rings. The number of ether oxygens (including phenoxy) is 3. The number of hydrazone groups is 1. The van der Waals surface area contributed by atoms with E-state index in [0.717, 1.165) is 0 Å². The van der Waals surface area contributed by atoms with Gasteiger partial charge in [0.25, 0.3) is 5.91 Å². The summed E-state index contributed by atoms with van der Waals surface area (Å²) >= 11 is 0. The molecule has 1 amide bonds. The summed E-state index contributed by atoms with van der Waals surface area (Å²) < 4.78 is 21.7. The van der Waals surface area contributed by atoms with Gasteiger partial charge in [-0.1, -0.05) is 5.21 Å². The number of anilines is 1. The van der Waals surface area contributed by atoms with Gasteiger partial charge >= 0.3 is 0 Å². The molecular weight excluding hydrogens is 396 g/mol. The maximum Gasteiger partial charge on any atom is 0.293 e. The van der Waals surface area contributed by atoms with E-state index < -0.39 is 5.91 Å². The van der Waals surface area contributed by atoms with Crippen LogP contribution in [0.5, 0.6) is 11.5 Å². The molecule has 0 aliphatic heterocycles. The molecule has 2 heterocycles. The summed E-state index contributed by atoms with van der Waals surface area (Å²) in [6, 6.07) is 5.26. The van der Waals surface area contributed by atoms with E-state index in [1.807, 2.05) is 6.92 Å². The normalized spacial score (nSPS) is 11.0. The third-order valence-corrected chi connectivity index (χ3v) is 3.82. The lowest BCUT2D eigenvalue weighted by Gasteiger charge is -2.09. The van der Waals surface area contributed by atoms with E-state index in [9.17, 15) is 4.79 Å². The van der Waals surface area contributed by atoms with Crippen LogP contribution >= 0.6 is 0 Å². The van der Waals surface area contributed by atoms with Gasteiger partial charge in [-0.2, -0.15) is 9.78 Å². The zero-order valence-corrected chi connectivity index (χ0v) is 16.5. The molecule has 0 radical (unpaired) electrons.